The topological polar surface area (TPSA) is 53.0 Å². The average Bonchev–Trinajstić information content (AvgIpc) is 2.69. The van der Waals surface area contributed by atoms with E-state index in [9.17, 15) is 9.90 Å². The van der Waals surface area contributed by atoms with E-state index >= 15 is 0 Å². The predicted molar refractivity (Wildman–Crippen MR) is 108 cm³/mol. The second kappa shape index (κ2) is 8.44. The number of hydrogen-bond acceptors (Lipinski definition) is 4. The Hall–Kier alpha value is -2.53. The molecule has 0 spiro atoms. The summed E-state index contributed by atoms with van der Waals surface area (Å²) >= 11 is 0. The molecule has 2 unspecified atom stereocenters. The first-order valence-corrected chi connectivity index (χ1v) is 9.41. The molecule has 0 aliphatic carbocycles. The van der Waals surface area contributed by atoms with E-state index in [1.165, 1.54) is 0 Å². The summed E-state index contributed by atoms with van der Waals surface area (Å²) in [6.45, 7) is 0.781. The van der Waals surface area contributed by atoms with Crippen LogP contribution in [0.1, 0.15) is 36.4 Å². The minimum atomic E-state index is -0.738. The number of benzene rings is 2. The molecule has 0 amide bonds. The average molecular weight is 368 g/mol. The Labute approximate surface area is 161 Å². The standard InChI is InChI=1S/C22H28N2O3/c1-23(2)18-11-7-16(8-12-18)21(17-9-13-19(27-3)14-10-17)24-15-5-4-6-20(24)22(25)26/h7-14,20-21H,4-6,15H2,1-3H3,(H,25,26). The maximum atomic E-state index is 11.9. The van der Waals surface area contributed by atoms with Crippen LogP contribution in [0.15, 0.2) is 48.5 Å². The molecule has 2 aromatic carbocycles. The Balaban J connectivity index is 2.03. The van der Waals surface area contributed by atoms with Crippen molar-refractivity contribution in [2.24, 2.45) is 0 Å². The summed E-state index contributed by atoms with van der Waals surface area (Å²) in [5.74, 6) is 0.0620. The lowest BCUT2D eigenvalue weighted by molar-refractivity contribution is -0.145. The summed E-state index contributed by atoms with van der Waals surface area (Å²) in [7, 11) is 5.68. The van der Waals surface area contributed by atoms with Gasteiger partial charge in [0.2, 0.25) is 0 Å². The van der Waals surface area contributed by atoms with Gasteiger partial charge in [-0.1, -0.05) is 30.7 Å². The van der Waals surface area contributed by atoms with E-state index in [1.807, 2.05) is 38.4 Å². The lowest BCUT2D eigenvalue weighted by atomic mass is 9.91. The molecule has 0 aromatic heterocycles. The molecule has 5 heteroatoms. The van der Waals surface area contributed by atoms with E-state index < -0.39 is 12.0 Å². The third kappa shape index (κ3) is 4.25. The van der Waals surface area contributed by atoms with Crippen LogP contribution in [0.4, 0.5) is 5.69 Å². The monoisotopic (exact) mass is 368 g/mol. The molecule has 0 saturated carbocycles. The van der Waals surface area contributed by atoms with Gasteiger partial charge in [0.1, 0.15) is 11.8 Å². The largest absolute Gasteiger partial charge is 0.497 e. The van der Waals surface area contributed by atoms with Crippen LogP contribution >= 0.6 is 0 Å². The van der Waals surface area contributed by atoms with Gasteiger partial charge in [0.15, 0.2) is 0 Å². The van der Waals surface area contributed by atoms with E-state index in [2.05, 4.69) is 34.1 Å². The number of carboxylic acids is 1. The number of carbonyl (C=O) groups is 1. The van der Waals surface area contributed by atoms with Gasteiger partial charge >= 0.3 is 5.97 Å². The first-order chi connectivity index (χ1) is 13.0. The van der Waals surface area contributed by atoms with Crippen LogP contribution in [0.2, 0.25) is 0 Å². The van der Waals surface area contributed by atoms with Crippen LogP contribution in [-0.4, -0.2) is 49.8 Å². The summed E-state index contributed by atoms with van der Waals surface area (Å²) in [6, 6.07) is 15.8. The molecular formula is C22H28N2O3. The van der Waals surface area contributed by atoms with Crippen LogP contribution < -0.4 is 9.64 Å². The lowest BCUT2D eigenvalue weighted by Crippen LogP contribution is -2.46. The maximum Gasteiger partial charge on any atom is 0.320 e. The zero-order valence-corrected chi connectivity index (χ0v) is 16.3. The van der Waals surface area contributed by atoms with Gasteiger partial charge in [-0.2, -0.15) is 0 Å². The van der Waals surface area contributed by atoms with E-state index in [4.69, 9.17) is 4.74 Å². The molecule has 2 atom stereocenters. The number of ether oxygens (including phenoxy) is 1. The fraction of sp³-hybridized carbons (Fsp3) is 0.409. The molecule has 1 fully saturated rings. The highest BCUT2D eigenvalue weighted by atomic mass is 16.5. The van der Waals surface area contributed by atoms with E-state index in [-0.39, 0.29) is 6.04 Å². The predicted octanol–water partition coefficient (Wildman–Crippen LogP) is 3.79. The van der Waals surface area contributed by atoms with Gasteiger partial charge in [-0.15, -0.1) is 0 Å². The second-order valence-electron chi connectivity index (χ2n) is 7.25. The van der Waals surface area contributed by atoms with Gasteiger partial charge < -0.3 is 14.7 Å². The highest BCUT2D eigenvalue weighted by molar-refractivity contribution is 5.73. The number of nitrogens with zero attached hydrogens (tertiary/aromatic N) is 2. The Morgan fingerprint density at radius 3 is 2.19 bits per heavy atom. The van der Waals surface area contributed by atoms with Gasteiger partial charge in [0, 0.05) is 19.8 Å². The first-order valence-electron chi connectivity index (χ1n) is 9.41. The van der Waals surface area contributed by atoms with Crippen LogP contribution in [-0.2, 0) is 4.79 Å². The third-order valence-electron chi connectivity index (χ3n) is 5.32. The number of likely N-dealkylation sites (tertiary alicyclic amines) is 1. The molecule has 3 rings (SSSR count). The van der Waals surface area contributed by atoms with Gasteiger partial charge in [0.25, 0.3) is 0 Å². The Morgan fingerprint density at radius 2 is 1.67 bits per heavy atom. The first kappa shape index (κ1) is 19.2. The summed E-state index contributed by atoms with van der Waals surface area (Å²) in [6.07, 6.45) is 2.67. The molecule has 1 heterocycles. The highest BCUT2D eigenvalue weighted by Gasteiger charge is 2.35. The summed E-state index contributed by atoms with van der Waals surface area (Å²) in [5.41, 5.74) is 3.32. The Kier molecular flexibility index (Phi) is 6.01. The van der Waals surface area contributed by atoms with Crippen molar-refractivity contribution in [3.8, 4) is 5.75 Å². The molecule has 144 valence electrons. The van der Waals surface area contributed by atoms with E-state index in [0.717, 1.165) is 42.0 Å². The smallest absolute Gasteiger partial charge is 0.320 e. The molecule has 1 saturated heterocycles. The summed E-state index contributed by atoms with van der Waals surface area (Å²) in [4.78, 5) is 16.1. The normalized spacial score (nSPS) is 18.7. The van der Waals surface area contributed by atoms with E-state index in [0.29, 0.717) is 6.42 Å². The number of rotatable bonds is 6. The number of carboxylic acid groups (broad SMARTS) is 1. The number of aliphatic carboxylic acids is 1. The van der Waals surface area contributed by atoms with Crippen molar-refractivity contribution in [2.45, 2.75) is 31.3 Å². The highest BCUT2D eigenvalue weighted by Crippen LogP contribution is 2.35. The quantitative estimate of drug-likeness (QED) is 0.841. The van der Waals surface area contributed by atoms with Gasteiger partial charge in [-0.05, 0) is 54.8 Å². The van der Waals surface area contributed by atoms with Crippen LogP contribution in [0.5, 0.6) is 5.75 Å². The Bertz CT molecular complexity index is 756. The zero-order valence-electron chi connectivity index (χ0n) is 16.3. The minimum Gasteiger partial charge on any atom is -0.497 e. The molecule has 0 radical (unpaired) electrons. The van der Waals surface area contributed by atoms with Crippen LogP contribution in [0, 0.1) is 0 Å². The van der Waals surface area contributed by atoms with Crippen molar-refractivity contribution in [2.75, 3.05) is 32.6 Å². The number of piperidine rings is 1. The summed E-state index contributed by atoms with van der Waals surface area (Å²) < 4.78 is 5.29. The second-order valence-corrected chi connectivity index (χ2v) is 7.25. The minimum absolute atomic E-state index is 0.0893. The molecule has 1 aliphatic heterocycles. The van der Waals surface area contributed by atoms with Crippen molar-refractivity contribution in [1.82, 2.24) is 4.90 Å². The molecular weight excluding hydrogens is 340 g/mol. The fourth-order valence-electron chi connectivity index (χ4n) is 3.84. The molecule has 0 bridgehead atoms. The molecule has 5 nitrogen and oxygen atoms in total. The molecule has 1 aliphatic rings. The molecule has 2 aromatic rings. The van der Waals surface area contributed by atoms with Crippen LogP contribution in [0.25, 0.3) is 0 Å². The number of hydrogen-bond donors (Lipinski definition) is 1. The fourth-order valence-corrected chi connectivity index (χ4v) is 3.84. The van der Waals surface area contributed by atoms with Crippen molar-refractivity contribution < 1.29 is 14.6 Å². The van der Waals surface area contributed by atoms with Gasteiger partial charge in [-0.25, -0.2) is 0 Å². The molecule has 27 heavy (non-hydrogen) atoms. The summed E-state index contributed by atoms with van der Waals surface area (Å²) in [5, 5.41) is 9.78. The number of anilines is 1. The van der Waals surface area contributed by atoms with Crippen LogP contribution in [0.3, 0.4) is 0 Å². The maximum absolute atomic E-state index is 11.9. The van der Waals surface area contributed by atoms with Gasteiger partial charge in [-0.3, -0.25) is 9.69 Å². The third-order valence-corrected chi connectivity index (χ3v) is 5.32. The van der Waals surface area contributed by atoms with E-state index in [1.54, 1.807) is 7.11 Å². The number of methoxy groups -OCH3 is 1. The van der Waals surface area contributed by atoms with Crippen molar-refractivity contribution >= 4 is 11.7 Å². The Morgan fingerprint density at radius 1 is 1.07 bits per heavy atom. The molecule has 1 N–H and O–H groups in total. The van der Waals surface area contributed by atoms with Crippen molar-refractivity contribution in [3.63, 3.8) is 0 Å². The lowest BCUT2D eigenvalue weighted by Gasteiger charge is -2.39. The van der Waals surface area contributed by atoms with Crippen molar-refractivity contribution in [3.05, 3.63) is 59.7 Å². The van der Waals surface area contributed by atoms with Gasteiger partial charge in [0.05, 0.1) is 13.2 Å². The SMILES string of the molecule is COc1ccc(C(c2ccc(N(C)C)cc2)N2CCCCC2C(=O)O)cc1. The van der Waals surface area contributed by atoms with Crippen molar-refractivity contribution in [1.29, 1.82) is 0 Å². The zero-order chi connectivity index (χ0) is 19.4.